The van der Waals surface area contributed by atoms with E-state index in [0.717, 1.165) is 12.8 Å². The lowest BCUT2D eigenvalue weighted by molar-refractivity contribution is -0.0769. The smallest absolute Gasteiger partial charge is 0.392 e. The zero-order valence-corrected chi connectivity index (χ0v) is 17.4. The van der Waals surface area contributed by atoms with E-state index in [-0.39, 0.29) is 28.4 Å². The van der Waals surface area contributed by atoms with Crippen molar-refractivity contribution in [3.05, 3.63) is 41.8 Å². The van der Waals surface area contributed by atoms with E-state index in [1.807, 2.05) is 0 Å². The van der Waals surface area contributed by atoms with Crippen LogP contribution < -0.4 is 10.8 Å². The Morgan fingerprint density at radius 2 is 1.90 bits per heavy atom. The van der Waals surface area contributed by atoms with Gasteiger partial charge in [-0.1, -0.05) is 0 Å². The normalized spacial score (nSPS) is 20.2. The quantitative estimate of drug-likeness (QED) is 0.655. The van der Waals surface area contributed by atoms with Crippen molar-refractivity contribution >= 4 is 23.8 Å². The Morgan fingerprint density at radius 3 is 2.52 bits per heavy atom. The highest BCUT2D eigenvalue weighted by Crippen LogP contribution is 2.37. The van der Waals surface area contributed by atoms with Crippen LogP contribution in [0.2, 0.25) is 0 Å². The van der Waals surface area contributed by atoms with Gasteiger partial charge in [0, 0.05) is 49.0 Å². The van der Waals surface area contributed by atoms with Crippen molar-refractivity contribution in [3.8, 4) is 0 Å². The molecule has 1 aromatic rings. The Labute approximate surface area is 181 Å². The molecule has 2 heterocycles. The molecular weight excluding hydrogens is 435 g/mol. The monoisotopic (exact) mass is 457 g/mol. The molecule has 0 unspecified atom stereocenters. The molecule has 2 aliphatic heterocycles. The SMILES string of the molecule is O=C(NCC1CC1)OC1=CC2(CCN(C(=O)c3ccc(SC(F)(F)F)cc3)CC2)ON1. The summed E-state index contributed by atoms with van der Waals surface area (Å²) in [4.78, 5) is 31.8. The fourth-order valence-corrected chi connectivity index (χ4v) is 4.04. The number of carbonyl (C=O) groups is 2. The molecule has 0 bridgehead atoms. The van der Waals surface area contributed by atoms with Crippen LogP contribution in [0.15, 0.2) is 41.1 Å². The highest BCUT2D eigenvalue weighted by molar-refractivity contribution is 8.00. The van der Waals surface area contributed by atoms with Gasteiger partial charge in [-0.3, -0.25) is 9.63 Å². The lowest BCUT2D eigenvalue weighted by Gasteiger charge is -2.36. The third-order valence-corrected chi connectivity index (χ3v) is 6.15. The molecule has 2 amide bonds. The molecule has 1 spiro atoms. The van der Waals surface area contributed by atoms with Gasteiger partial charge in [-0.15, -0.1) is 0 Å². The summed E-state index contributed by atoms with van der Waals surface area (Å²) in [6, 6.07) is 5.39. The topological polar surface area (TPSA) is 79.9 Å². The van der Waals surface area contributed by atoms with Crippen LogP contribution in [0.25, 0.3) is 0 Å². The third kappa shape index (κ3) is 5.85. The van der Waals surface area contributed by atoms with E-state index < -0.39 is 17.2 Å². The minimum atomic E-state index is -4.37. The fraction of sp³-hybridized carbons (Fsp3) is 0.500. The molecule has 0 atom stereocenters. The van der Waals surface area contributed by atoms with Crippen LogP contribution in [0.1, 0.15) is 36.0 Å². The molecule has 7 nitrogen and oxygen atoms in total. The predicted molar refractivity (Wildman–Crippen MR) is 106 cm³/mol. The molecule has 0 radical (unpaired) electrons. The van der Waals surface area contributed by atoms with E-state index in [2.05, 4.69) is 10.8 Å². The van der Waals surface area contributed by atoms with Crippen LogP contribution in [0.5, 0.6) is 0 Å². The van der Waals surface area contributed by atoms with Crippen LogP contribution in [0, 0.1) is 5.92 Å². The standard InChI is InChI=1S/C20H22F3N3O4S/c21-20(22,23)31-15-5-3-14(4-6-15)17(27)26-9-7-19(8-10-26)11-16(25-30-19)29-18(28)24-12-13-1-2-13/h3-6,11,13,25H,1-2,7-10,12H2,(H,24,28). The number of nitrogens with one attached hydrogen (secondary N) is 2. The summed E-state index contributed by atoms with van der Waals surface area (Å²) < 4.78 is 42.5. The molecule has 0 aromatic heterocycles. The molecule has 2 fully saturated rings. The maximum absolute atomic E-state index is 12.7. The van der Waals surface area contributed by atoms with Gasteiger partial charge >= 0.3 is 11.6 Å². The minimum Gasteiger partial charge on any atom is -0.392 e. The van der Waals surface area contributed by atoms with Crippen molar-refractivity contribution < 1.29 is 32.3 Å². The Bertz CT molecular complexity index is 863. The van der Waals surface area contributed by atoms with Crippen molar-refractivity contribution in [1.82, 2.24) is 15.7 Å². The molecule has 168 valence electrons. The van der Waals surface area contributed by atoms with E-state index in [0.29, 0.717) is 44.0 Å². The average molecular weight is 457 g/mol. The summed E-state index contributed by atoms with van der Waals surface area (Å²) in [7, 11) is 0. The first-order valence-electron chi connectivity index (χ1n) is 9.99. The van der Waals surface area contributed by atoms with Gasteiger partial charge in [0.1, 0.15) is 5.60 Å². The molecule has 1 saturated heterocycles. The Balaban J connectivity index is 1.28. The number of hydrogen-bond donors (Lipinski definition) is 2. The summed E-state index contributed by atoms with van der Waals surface area (Å²) in [5.41, 5.74) is -2.07. The van der Waals surface area contributed by atoms with Gasteiger partial charge in [0.2, 0.25) is 5.88 Å². The van der Waals surface area contributed by atoms with Crippen molar-refractivity contribution in [2.45, 2.75) is 41.7 Å². The van der Waals surface area contributed by atoms with Crippen LogP contribution in [0.3, 0.4) is 0 Å². The van der Waals surface area contributed by atoms with Crippen LogP contribution in [-0.4, -0.2) is 47.6 Å². The maximum Gasteiger partial charge on any atom is 0.446 e. The summed E-state index contributed by atoms with van der Waals surface area (Å²) in [5.74, 6) is 0.525. The first kappa shape index (κ1) is 21.8. The summed E-state index contributed by atoms with van der Waals surface area (Å²) in [6.07, 6.45) is 4.41. The summed E-state index contributed by atoms with van der Waals surface area (Å²) >= 11 is -0.214. The number of nitrogens with zero attached hydrogens (tertiary/aromatic N) is 1. The highest BCUT2D eigenvalue weighted by atomic mass is 32.2. The number of alkyl carbamates (subject to hydrolysis) is 1. The number of halogens is 3. The van der Waals surface area contributed by atoms with Crippen LogP contribution in [0.4, 0.5) is 18.0 Å². The van der Waals surface area contributed by atoms with Crippen molar-refractivity contribution in [2.24, 2.45) is 5.92 Å². The van der Waals surface area contributed by atoms with Gasteiger partial charge in [0.25, 0.3) is 5.91 Å². The first-order valence-corrected chi connectivity index (χ1v) is 10.8. The number of hydrogen-bond acceptors (Lipinski definition) is 6. The Morgan fingerprint density at radius 1 is 1.23 bits per heavy atom. The number of alkyl halides is 3. The molecule has 3 aliphatic rings. The molecule has 1 saturated carbocycles. The first-order chi connectivity index (χ1) is 14.7. The van der Waals surface area contributed by atoms with Gasteiger partial charge < -0.3 is 15.0 Å². The number of hydroxylamine groups is 1. The lowest BCUT2D eigenvalue weighted by Crippen LogP contribution is -2.46. The van der Waals surface area contributed by atoms with Crippen molar-refractivity contribution in [1.29, 1.82) is 0 Å². The highest BCUT2D eigenvalue weighted by Gasteiger charge is 2.41. The predicted octanol–water partition coefficient (Wildman–Crippen LogP) is 3.79. The van der Waals surface area contributed by atoms with E-state index in [9.17, 15) is 22.8 Å². The average Bonchev–Trinajstić information content (AvgIpc) is 3.48. The van der Waals surface area contributed by atoms with Gasteiger partial charge in [-0.25, -0.2) is 10.3 Å². The third-order valence-electron chi connectivity index (χ3n) is 5.42. The Hall–Kier alpha value is -2.40. The minimum absolute atomic E-state index is 0.0333. The van der Waals surface area contributed by atoms with Gasteiger partial charge in [0.05, 0.1) is 0 Å². The molecule has 11 heteroatoms. The zero-order chi connectivity index (χ0) is 22.1. The number of amides is 2. The molecular formula is C20H22F3N3O4S. The van der Waals surface area contributed by atoms with Crippen LogP contribution >= 0.6 is 11.8 Å². The maximum atomic E-state index is 12.7. The number of benzene rings is 1. The largest absolute Gasteiger partial charge is 0.446 e. The van der Waals surface area contributed by atoms with Gasteiger partial charge in [-0.05, 0) is 54.8 Å². The second-order valence-electron chi connectivity index (χ2n) is 7.86. The van der Waals surface area contributed by atoms with E-state index in [4.69, 9.17) is 9.57 Å². The number of carbonyl (C=O) groups excluding carboxylic acids is 2. The van der Waals surface area contributed by atoms with E-state index in [1.165, 1.54) is 24.3 Å². The second kappa shape index (κ2) is 8.62. The van der Waals surface area contributed by atoms with Crippen molar-refractivity contribution in [3.63, 3.8) is 0 Å². The number of ether oxygens (including phenoxy) is 1. The number of likely N-dealkylation sites (tertiary alicyclic amines) is 1. The van der Waals surface area contributed by atoms with E-state index >= 15 is 0 Å². The number of rotatable bonds is 5. The van der Waals surface area contributed by atoms with Gasteiger partial charge in [0.15, 0.2) is 0 Å². The number of thioether (sulfide) groups is 1. The zero-order valence-electron chi connectivity index (χ0n) is 16.5. The summed E-state index contributed by atoms with van der Waals surface area (Å²) in [5, 5.41) is 2.71. The van der Waals surface area contributed by atoms with Crippen LogP contribution in [-0.2, 0) is 9.57 Å². The van der Waals surface area contributed by atoms with E-state index in [1.54, 1.807) is 11.0 Å². The van der Waals surface area contributed by atoms with Crippen molar-refractivity contribution in [2.75, 3.05) is 19.6 Å². The fourth-order valence-electron chi connectivity index (χ4n) is 3.50. The molecule has 2 N–H and O–H groups in total. The van der Waals surface area contributed by atoms with Gasteiger partial charge in [-0.2, -0.15) is 13.2 Å². The molecule has 1 aliphatic carbocycles. The molecule has 31 heavy (non-hydrogen) atoms. The molecule has 4 rings (SSSR count). The number of piperidine rings is 1. The second-order valence-corrected chi connectivity index (χ2v) is 8.99. The molecule has 1 aromatic carbocycles. The lowest BCUT2D eigenvalue weighted by atomic mass is 9.91. The summed E-state index contributed by atoms with van der Waals surface area (Å²) in [6.45, 7) is 1.40. The Kier molecular flexibility index (Phi) is 6.07.